The molecule has 0 spiro atoms. The second-order valence-electron chi connectivity index (χ2n) is 7.58. The van der Waals surface area contributed by atoms with Crippen LogP contribution in [0, 0.1) is 25.5 Å². The number of benzene rings is 2. The average molecular weight is 436 g/mol. The highest BCUT2D eigenvalue weighted by atomic mass is 19.1. The van der Waals surface area contributed by atoms with Crippen LogP contribution in [-0.4, -0.2) is 20.3 Å². The lowest BCUT2D eigenvalue weighted by atomic mass is 10.2. The van der Waals surface area contributed by atoms with Gasteiger partial charge >= 0.3 is 0 Å². The minimum atomic E-state index is -0.690. The number of hydrogen-bond donors (Lipinski definition) is 1. The zero-order valence-electron chi connectivity index (χ0n) is 17.7. The Morgan fingerprint density at radius 2 is 1.81 bits per heavy atom. The number of carbonyl (C=O) groups is 1. The Balaban J connectivity index is 1.52. The van der Waals surface area contributed by atoms with Crippen LogP contribution in [0.4, 0.5) is 14.5 Å². The topological polar surface area (TPSA) is 68.9 Å². The van der Waals surface area contributed by atoms with E-state index in [1.54, 1.807) is 6.20 Å². The van der Waals surface area contributed by atoms with Crippen LogP contribution in [0.5, 0.6) is 0 Å². The molecule has 0 aliphatic heterocycles. The van der Waals surface area contributed by atoms with Crippen molar-refractivity contribution in [2.75, 3.05) is 5.32 Å². The Morgan fingerprint density at radius 3 is 2.56 bits per heavy atom. The van der Waals surface area contributed by atoms with Crippen LogP contribution in [0.25, 0.3) is 16.5 Å². The number of anilines is 1. The Hall–Kier alpha value is -3.81. The van der Waals surface area contributed by atoms with Crippen LogP contribution in [0.1, 0.15) is 24.2 Å². The fourth-order valence-corrected chi connectivity index (χ4v) is 3.90. The number of halogens is 2. The summed E-state index contributed by atoms with van der Waals surface area (Å²) in [4.78, 5) is 25.3. The molecule has 0 bridgehead atoms. The number of rotatable bonds is 6. The van der Waals surface area contributed by atoms with Crippen molar-refractivity contribution in [2.24, 2.45) is 0 Å². The summed E-state index contributed by atoms with van der Waals surface area (Å²) >= 11 is 0. The fraction of sp³-hybridized carbons (Fsp3) is 0.208. The van der Waals surface area contributed by atoms with E-state index in [0.717, 1.165) is 35.0 Å². The van der Waals surface area contributed by atoms with Gasteiger partial charge in [-0.15, -0.1) is 0 Å². The van der Waals surface area contributed by atoms with Gasteiger partial charge in [0.25, 0.3) is 5.56 Å². The molecular formula is C24H22F2N4O2. The lowest BCUT2D eigenvalue weighted by molar-refractivity contribution is -0.116. The van der Waals surface area contributed by atoms with E-state index in [1.165, 1.54) is 4.68 Å². The third-order valence-corrected chi connectivity index (χ3v) is 5.53. The van der Waals surface area contributed by atoms with E-state index in [1.807, 2.05) is 48.7 Å². The third-order valence-electron chi connectivity index (χ3n) is 5.53. The van der Waals surface area contributed by atoms with Crippen LogP contribution in [0.2, 0.25) is 0 Å². The van der Waals surface area contributed by atoms with E-state index in [2.05, 4.69) is 10.4 Å². The molecule has 32 heavy (non-hydrogen) atoms. The van der Waals surface area contributed by atoms with Crippen LogP contribution < -0.4 is 10.9 Å². The Kier molecular flexibility index (Phi) is 5.85. The van der Waals surface area contributed by atoms with Gasteiger partial charge in [-0.3, -0.25) is 9.59 Å². The van der Waals surface area contributed by atoms with Crippen molar-refractivity contribution in [1.29, 1.82) is 0 Å². The summed E-state index contributed by atoms with van der Waals surface area (Å²) < 4.78 is 30.3. The van der Waals surface area contributed by atoms with Gasteiger partial charge in [0.2, 0.25) is 5.91 Å². The lowest BCUT2D eigenvalue weighted by Crippen LogP contribution is -2.21. The van der Waals surface area contributed by atoms with Crippen molar-refractivity contribution in [1.82, 2.24) is 14.3 Å². The van der Waals surface area contributed by atoms with Gasteiger partial charge in [0, 0.05) is 35.8 Å². The van der Waals surface area contributed by atoms with Crippen molar-refractivity contribution in [3.05, 3.63) is 88.1 Å². The molecule has 4 aromatic rings. The van der Waals surface area contributed by atoms with Gasteiger partial charge in [-0.25, -0.2) is 8.78 Å². The van der Waals surface area contributed by atoms with Crippen molar-refractivity contribution >= 4 is 22.4 Å². The van der Waals surface area contributed by atoms with E-state index in [0.29, 0.717) is 24.0 Å². The van der Waals surface area contributed by atoms with Crippen molar-refractivity contribution in [2.45, 2.75) is 33.2 Å². The number of carbonyl (C=O) groups excluding carboxylic acids is 1. The molecule has 164 valence electrons. The highest BCUT2D eigenvalue weighted by molar-refractivity contribution is 5.91. The minimum Gasteiger partial charge on any atom is -0.348 e. The number of nitrogens with zero attached hydrogens (tertiary/aromatic N) is 3. The smallest absolute Gasteiger partial charge is 0.281 e. The molecule has 2 aromatic carbocycles. The first kappa shape index (κ1) is 21.4. The number of aryl methyl sites for hydroxylation is 2. The molecule has 0 aliphatic rings. The summed E-state index contributed by atoms with van der Waals surface area (Å²) in [6.45, 7) is 4.27. The summed E-state index contributed by atoms with van der Waals surface area (Å²) in [5.74, 6) is -1.72. The SMILES string of the molecule is Cc1c2cnn(-c3ccccc3)c(=O)c2c(C)n1CCCC(=O)Nc1cc(F)ccc1F. The van der Waals surface area contributed by atoms with E-state index < -0.39 is 17.5 Å². The van der Waals surface area contributed by atoms with Crippen molar-refractivity contribution in [3.8, 4) is 5.69 Å². The molecule has 0 unspecified atom stereocenters. The number of nitrogens with one attached hydrogen (secondary N) is 1. The largest absolute Gasteiger partial charge is 0.348 e. The number of fused-ring (bicyclic) bond motifs is 1. The predicted molar refractivity (Wildman–Crippen MR) is 119 cm³/mol. The van der Waals surface area contributed by atoms with Gasteiger partial charge < -0.3 is 9.88 Å². The highest BCUT2D eigenvalue weighted by Crippen LogP contribution is 2.23. The zero-order chi connectivity index (χ0) is 22.8. The number of amides is 1. The van der Waals surface area contributed by atoms with Crippen LogP contribution in [0.3, 0.4) is 0 Å². The average Bonchev–Trinajstić information content (AvgIpc) is 3.02. The molecule has 2 heterocycles. The molecule has 0 saturated heterocycles. The van der Waals surface area contributed by atoms with Crippen molar-refractivity contribution in [3.63, 3.8) is 0 Å². The lowest BCUT2D eigenvalue weighted by Gasteiger charge is -2.10. The molecule has 0 fully saturated rings. The van der Waals surface area contributed by atoms with Crippen LogP contribution >= 0.6 is 0 Å². The quantitative estimate of drug-likeness (QED) is 0.484. The maximum absolute atomic E-state index is 13.7. The van der Waals surface area contributed by atoms with Gasteiger partial charge in [0.1, 0.15) is 11.6 Å². The van der Waals surface area contributed by atoms with Crippen LogP contribution in [-0.2, 0) is 11.3 Å². The normalized spacial score (nSPS) is 11.1. The van der Waals surface area contributed by atoms with Crippen molar-refractivity contribution < 1.29 is 13.6 Å². The monoisotopic (exact) mass is 436 g/mol. The zero-order valence-corrected chi connectivity index (χ0v) is 17.7. The maximum Gasteiger partial charge on any atom is 0.281 e. The van der Waals surface area contributed by atoms with E-state index in [9.17, 15) is 18.4 Å². The van der Waals surface area contributed by atoms with Crippen LogP contribution in [0.15, 0.2) is 59.5 Å². The standard InChI is InChI=1S/C24H22F2N4O2/c1-15-19-14-27-30(18-7-4-3-5-8-18)24(32)23(19)16(2)29(15)12-6-9-22(31)28-21-13-17(25)10-11-20(21)26/h3-5,7-8,10-11,13-14H,6,9,12H2,1-2H3,(H,28,31). The molecule has 4 rings (SSSR count). The first-order valence-corrected chi connectivity index (χ1v) is 10.2. The summed E-state index contributed by atoms with van der Waals surface area (Å²) in [6, 6.07) is 12.1. The number of para-hydroxylation sites is 1. The van der Waals surface area contributed by atoms with Gasteiger partial charge in [-0.2, -0.15) is 9.78 Å². The first-order valence-electron chi connectivity index (χ1n) is 10.2. The summed E-state index contributed by atoms with van der Waals surface area (Å²) in [5.41, 5.74) is 1.99. The summed E-state index contributed by atoms with van der Waals surface area (Å²) in [7, 11) is 0. The second-order valence-corrected chi connectivity index (χ2v) is 7.58. The third kappa shape index (κ3) is 4.03. The van der Waals surface area contributed by atoms with E-state index >= 15 is 0 Å². The Labute approximate surface area is 183 Å². The van der Waals surface area contributed by atoms with Gasteiger partial charge in [0.05, 0.1) is 23.0 Å². The van der Waals surface area contributed by atoms with Gasteiger partial charge in [-0.05, 0) is 44.5 Å². The molecule has 6 nitrogen and oxygen atoms in total. The molecule has 8 heteroatoms. The number of hydrogen-bond acceptors (Lipinski definition) is 3. The first-order chi connectivity index (χ1) is 15.4. The Morgan fingerprint density at radius 1 is 1.06 bits per heavy atom. The van der Waals surface area contributed by atoms with Gasteiger partial charge in [0.15, 0.2) is 0 Å². The molecule has 0 saturated carbocycles. The summed E-state index contributed by atoms with van der Waals surface area (Å²) in [6.07, 6.45) is 2.27. The molecule has 0 radical (unpaired) electrons. The highest BCUT2D eigenvalue weighted by Gasteiger charge is 2.17. The molecule has 1 amide bonds. The maximum atomic E-state index is 13.7. The van der Waals surface area contributed by atoms with E-state index in [4.69, 9.17) is 0 Å². The fourth-order valence-electron chi connectivity index (χ4n) is 3.90. The molecule has 0 aliphatic carbocycles. The van der Waals surface area contributed by atoms with Gasteiger partial charge in [-0.1, -0.05) is 18.2 Å². The second kappa shape index (κ2) is 8.74. The minimum absolute atomic E-state index is 0.121. The Bertz CT molecular complexity index is 1360. The molecule has 2 aromatic heterocycles. The molecule has 0 atom stereocenters. The number of aromatic nitrogens is 3. The molecule has 1 N–H and O–H groups in total. The summed E-state index contributed by atoms with van der Waals surface area (Å²) in [5, 5.41) is 8.08. The predicted octanol–water partition coefficient (Wildman–Crippen LogP) is 4.50. The van der Waals surface area contributed by atoms with E-state index in [-0.39, 0.29) is 17.7 Å². The molecular weight excluding hydrogens is 414 g/mol.